The molecule has 0 fully saturated rings. The van der Waals surface area contributed by atoms with Crippen LogP contribution in [0.4, 0.5) is 0 Å². The van der Waals surface area contributed by atoms with Gasteiger partial charge in [-0.2, -0.15) is 0 Å². The van der Waals surface area contributed by atoms with E-state index in [2.05, 4.69) is 17.4 Å². The summed E-state index contributed by atoms with van der Waals surface area (Å²) in [5.74, 6) is 0.872. The first-order valence-electron chi connectivity index (χ1n) is 6.83. The van der Waals surface area contributed by atoms with Crippen molar-refractivity contribution in [2.75, 3.05) is 7.11 Å². The Bertz CT molecular complexity index is 601. The van der Waals surface area contributed by atoms with E-state index in [0.29, 0.717) is 0 Å². The number of hydrogen-bond acceptors (Lipinski definition) is 3. The van der Waals surface area contributed by atoms with Crippen molar-refractivity contribution in [1.82, 2.24) is 5.32 Å². The first-order valence-corrected chi connectivity index (χ1v) is 7.64. The molecule has 0 aliphatic carbocycles. The molecule has 1 atom stereocenters. The van der Waals surface area contributed by atoms with Crippen LogP contribution >= 0.6 is 11.8 Å². The minimum Gasteiger partial charge on any atom is -0.496 e. The fourth-order valence-corrected chi connectivity index (χ4v) is 3.16. The molecule has 3 nitrogen and oxygen atoms in total. The fourth-order valence-electron chi connectivity index (χ4n) is 2.10. The van der Waals surface area contributed by atoms with Crippen LogP contribution in [0, 0.1) is 0 Å². The molecule has 2 aromatic rings. The van der Waals surface area contributed by atoms with Crippen LogP contribution < -0.4 is 10.1 Å². The Kier molecular flexibility index (Phi) is 5.69. The summed E-state index contributed by atoms with van der Waals surface area (Å²) < 4.78 is 5.40. The van der Waals surface area contributed by atoms with Crippen LogP contribution in [-0.2, 0) is 11.2 Å². The Morgan fingerprint density at radius 1 is 1.14 bits per heavy atom. The van der Waals surface area contributed by atoms with E-state index in [4.69, 9.17) is 4.74 Å². The van der Waals surface area contributed by atoms with Gasteiger partial charge < -0.3 is 10.1 Å². The zero-order valence-corrected chi connectivity index (χ0v) is 13.0. The van der Waals surface area contributed by atoms with Gasteiger partial charge in [-0.25, -0.2) is 0 Å². The molecule has 1 N–H and O–H groups in total. The van der Waals surface area contributed by atoms with Gasteiger partial charge in [-0.15, -0.1) is 0 Å². The van der Waals surface area contributed by atoms with Crippen molar-refractivity contribution in [3.8, 4) is 5.75 Å². The van der Waals surface area contributed by atoms with Gasteiger partial charge in [0.15, 0.2) is 0 Å². The molecule has 0 saturated heterocycles. The van der Waals surface area contributed by atoms with E-state index in [1.54, 1.807) is 18.9 Å². The van der Waals surface area contributed by atoms with Crippen LogP contribution in [0.5, 0.6) is 5.75 Å². The molecule has 0 aliphatic rings. The lowest BCUT2D eigenvalue weighted by molar-refractivity contribution is -0.110. The standard InChI is InChI=1S/C17H19NO2S/c1-13(18-12-19)11-14-7-3-5-9-16(14)21-17-10-6-4-8-15(17)20-2/h3-10,12-13H,11H2,1-2H3,(H,18,19)/t13-/m0/s1. The minimum atomic E-state index is 0.113. The number of carbonyl (C=O) groups is 1. The summed E-state index contributed by atoms with van der Waals surface area (Å²) in [7, 11) is 1.68. The van der Waals surface area contributed by atoms with Crippen LogP contribution in [-0.4, -0.2) is 19.6 Å². The highest BCUT2D eigenvalue weighted by molar-refractivity contribution is 7.99. The summed E-state index contributed by atoms with van der Waals surface area (Å²) in [5.41, 5.74) is 1.22. The number of hydrogen-bond donors (Lipinski definition) is 1. The number of nitrogens with one attached hydrogen (secondary N) is 1. The molecule has 0 aliphatic heterocycles. The Labute approximate surface area is 129 Å². The second-order valence-electron chi connectivity index (χ2n) is 4.75. The van der Waals surface area contributed by atoms with Crippen molar-refractivity contribution in [3.05, 3.63) is 54.1 Å². The maximum Gasteiger partial charge on any atom is 0.207 e. The summed E-state index contributed by atoms with van der Waals surface area (Å²) in [6.07, 6.45) is 1.55. The van der Waals surface area contributed by atoms with Gasteiger partial charge in [0.1, 0.15) is 5.75 Å². The molecule has 0 unspecified atom stereocenters. The molecule has 4 heteroatoms. The van der Waals surface area contributed by atoms with Gasteiger partial charge in [0.05, 0.1) is 12.0 Å². The third kappa shape index (κ3) is 4.26. The lowest BCUT2D eigenvalue weighted by atomic mass is 10.1. The number of methoxy groups -OCH3 is 1. The number of ether oxygens (including phenoxy) is 1. The average molecular weight is 301 g/mol. The minimum absolute atomic E-state index is 0.113. The second-order valence-corrected chi connectivity index (χ2v) is 5.83. The highest BCUT2D eigenvalue weighted by Crippen LogP contribution is 2.36. The zero-order chi connectivity index (χ0) is 15.1. The molecule has 110 valence electrons. The fraction of sp³-hybridized carbons (Fsp3) is 0.235. The van der Waals surface area contributed by atoms with Gasteiger partial charge in [0.25, 0.3) is 0 Å². The lowest BCUT2D eigenvalue weighted by Gasteiger charge is -2.14. The monoisotopic (exact) mass is 301 g/mol. The van der Waals surface area contributed by atoms with E-state index in [0.717, 1.165) is 23.5 Å². The van der Waals surface area contributed by atoms with E-state index in [1.165, 1.54) is 10.5 Å². The lowest BCUT2D eigenvalue weighted by Crippen LogP contribution is -2.26. The van der Waals surface area contributed by atoms with Crippen LogP contribution in [0.3, 0.4) is 0 Å². The van der Waals surface area contributed by atoms with Crippen molar-refractivity contribution in [1.29, 1.82) is 0 Å². The summed E-state index contributed by atoms with van der Waals surface area (Å²) in [6, 6.07) is 16.3. The quantitative estimate of drug-likeness (QED) is 0.795. The number of carbonyl (C=O) groups excluding carboxylic acids is 1. The molecule has 2 aromatic carbocycles. The van der Waals surface area contributed by atoms with Crippen molar-refractivity contribution in [3.63, 3.8) is 0 Å². The SMILES string of the molecule is COc1ccccc1Sc1ccccc1C[C@H](C)NC=O. The number of benzene rings is 2. The second kappa shape index (κ2) is 7.74. The predicted molar refractivity (Wildman–Crippen MR) is 85.9 cm³/mol. The molecule has 0 heterocycles. The van der Waals surface area contributed by atoms with Gasteiger partial charge in [-0.05, 0) is 37.1 Å². The first-order chi connectivity index (χ1) is 10.2. The maximum atomic E-state index is 10.5. The van der Waals surface area contributed by atoms with Crippen molar-refractivity contribution < 1.29 is 9.53 Å². The van der Waals surface area contributed by atoms with Crippen molar-refractivity contribution in [2.45, 2.75) is 29.2 Å². The highest BCUT2D eigenvalue weighted by atomic mass is 32.2. The van der Waals surface area contributed by atoms with E-state index in [9.17, 15) is 4.79 Å². The molecule has 1 amide bonds. The molecule has 0 saturated carbocycles. The zero-order valence-electron chi connectivity index (χ0n) is 12.2. The Hall–Kier alpha value is -1.94. The molecule has 2 rings (SSSR count). The van der Waals surface area contributed by atoms with E-state index in [1.807, 2.05) is 43.3 Å². The van der Waals surface area contributed by atoms with E-state index < -0.39 is 0 Å². The Morgan fingerprint density at radius 3 is 2.52 bits per heavy atom. The first kappa shape index (κ1) is 15.4. The number of amides is 1. The third-order valence-electron chi connectivity index (χ3n) is 3.14. The molecule has 0 aromatic heterocycles. The Morgan fingerprint density at radius 2 is 1.81 bits per heavy atom. The molecule has 0 radical (unpaired) electrons. The van der Waals surface area contributed by atoms with Crippen LogP contribution in [0.1, 0.15) is 12.5 Å². The largest absolute Gasteiger partial charge is 0.496 e. The molecular weight excluding hydrogens is 282 g/mol. The maximum absolute atomic E-state index is 10.5. The summed E-state index contributed by atoms with van der Waals surface area (Å²) >= 11 is 1.68. The summed E-state index contributed by atoms with van der Waals surface area (Å²) in [6.45, 7) is 2.00. The number of rotatable bonds is 7. The van der Waals surface area contributed by atoms with Gasteiger partial charge in [0.2, 0.25) is 6.41 Å². The molecule has 0 bridgehead atoms. The van der Waals surface area contributed by atoms with Crippen molar-refractivity contribution in [2.24, 2.45) is 0 Å². The highest BCUT2D eigenvalue weighted by Gasteiger charge is 2.10. The van der Waals surface area contributed by atoms with Gasteiger partial charge in [0, 0.05) is 10.9 Å². The molecule has 21 heavy (non-hydrogen) atoms. The number of para-hydroxylation sites is 1. The predicted octanol–water partition coefficient (Wildman–Crippen LogP) is 3.52. The summed E-state index contributed by atoms with van der Waals surface area (Å²) in [5, 5.41) is 2.79. The van der Waals surface area contributed by atoms with E-state index in [-0.39, 0.29) is 6.04 Å². The van der Waals surface area contributed by atoms with Crippen LogP contribution in [0.15, 0.2) is 58.3 Å². The summed E-state index contributed by atoms with van der Waals surface area (Å²) in [4.78, 5) is 12.8. The van der Waals surface area contributed by atoms with Gasteiger partial charge in [-0.3, -0.25) is 4.79 Å². The topological polar surface area (TPSA) is 38.3 Å². The van der Waals surface area contributed by atoms with Crippen molar-refractivity contribution >= 4 is 18.2 Å². The van der Waals surface area contributed by atoms with Crippen LogP contribution in [0.25, 0.3) is 0 Å². The van der Waals surface area contributed by atoms with Crippen LogP contribution in [0.2, 0.25) is 0 Å². The normalized spacial score (nSPS) is 11.7. The third-order valence-corrected chi connectivity index (χ3v) is 4.32. The Balaban J connectivity index is 2.22. The van der Waals surface area contributed by atoms with Gasteiger partial charge in [-0.1, -0.05) is 42.1 Å². The molecular formula is C17H19NO2S. The van der Waals surface area contributed by atoms with E-state index >= 15 is 0 Å². The molecule has 0 spiro atoms. The van der Waals surface area contributed by atoms with Gasteiger partial charge >= 0.3 is 0 Å². The average Bonchev–Trinajstić information content (AvgIpc) is 2.50. The smallest absolute Gasteiger partial charge is 0.207 e.